The molecule has 7 heteroatoms. The molecule has 22 heavy (non-hydrogen) atoms. The summed E-state index contributed by atoms with van der Waals surface area (Å²) < 4.78 is 5.32. The molecule has 1 saturated heterocycles. The Bertz CT molecular complexity index is 669. The third-order valence-electron chi connectivity index (χ3n) is 5.13. The van der Waals surface area contributed by atoms with Crippen LogP contribution in [0.1, 0.15) is 12.8 Å². The molecule has 1 aromatic rings. The minimum atomic E-state index is -0.490. The van der Waals surface area contributed by atoms with E-state index < -0.39 is 4.92 Å². The van der Waals surface area contributed by atoms with Crippen LogP contribution >= 0.6 is 0 Å². The van der Waals surface area contributed by atoms with Crippen LogP contribution in [0.3, 0.4) is 0 Å². The molecule has 4 rings (SSSR count). The van der Waals surface area contributed by atoms with Gasteiger partial charge >= 0.3 is 5.97 Å². The number of carbonyl (C=O) groups excluding carboxylic acids is 2. The highest BCUT2D eigenvalue weighted by Crippen LogP contribution is 2.57. The van der Waals surface area contributed by atoms with Crippen molar-refractivity contribution < 1.29 is 19.2 Å². The Balaban J connectivity index is 1.51. The summed E-state index contributed by atoms with van der Waals surface area (Å²) in [5.41, 5.74) is 0.474. The molecular formula is C15H14N2O5. The van der Waals surface area contributed by atoms with Crippen LogP contribution in [-0.4, -0.2) is 22.9 Å². The number of nitro benzene ring substituents is 1. The van der Waals surface area contributed by atoms with Gasteiger partial charge in [-0.05, 0) is 30.9 Å². The smallest absolute Gasteiger partial charge is 0.310 e. The van der Waals surface area contributed by atoms with Crippen LogP contribution in [0.25, 0.3) is 0 Å². The normalized spacial score (nSPS) is 34.5. The maximum absolute atomic E-state index is 12.5. The average molecular weight is 302 g/mol. The zero-order chi connectivity index (χ0) is 15.4. The lowest BCUT2D eigenvalue weighted by atomic mass is 9.79. The van der Waals surface area contributed by atoms with Crippen molar-refractivity contribution in [3.63, 3.8) is 0 Å². The van der Waals surface area contributed by atoms with Gasteiger partial charge in [-0.1, -0.05) is 0 Å². The Kier molecular flexibility index (Phi) is 2.72. The zero-order valence-corrected chi connectivity index (χ0v) is 11.6. The van der Waals surface area contributed by atoms with Gasteiger partial charge in [-0.2, -0.15) is 0 Å². The van der Waals surface area contributed by atoms with Crippen molar-refractivity contribution in [1.29, 1.82) is 0 Å². The number of anilines is 1. The Labute approximate surface area is 125 Å². The van der Waals surface area contributed by atoms with Gasteiger partial charge in [0.05, 0.1) is 16.8 Å². The van der Waals surface area contributed by atoms with E-state index in [4.69, 9.17) is 4.74 Å². The maximum atomic E-state index is 12.5. The summed E-state index contributed by atoms with van der Waals surface area (Å²) >= 11 is 0. The summed E-state index contributed by atoms with van der Waals surface area (Å²) in [7, 11) is 0. The lowest BCUT2D eigenvalue weighted by Gasteiger charge is -2.23. The summed E-state index contributed by atoms with van der Waals surface area (Å²) in [5, 5.41) is 13.4. The molecule has 1 aromatic carbocycles. The van der Waals surface area contributed by atoms with Crippen LogP contribution in [0.2, 0.25) is 0 Å². The van der Waals surface area contributed by atoms with Gasteiger partial charge in [0.2, 0.25) is 5.91 Å². The zero-order valence-electron chi connectivity index (χ0n) is 11.6. The molecular weight excluding hydrogens is 288 g/mol. The van der Waals surface area contributed by atoms with E-state index in [1.54, 1.807) is 0 Å². The first-order valence-electron chi connectivity index (χ1n) is 7.30. The van der Waals surface area contributed by atoms with Gasteiger partial charge in [-0.3, -0.25) is 19.7 Å². The van der Waals surface area contributed by atoms with Crippen molar-refractivity contribution in [2.75, 3.05) is 5.32 Å². The molecule has 1 aliphatic heterocycles. The number of amides is 1. The van der Waals surface area contributed by atoms with E-state index in [1.165, 1.54) is 24.3 Å². The van der Waals surface area contributed by atoms with Gasteiger partial charge in [-0.15, -0.1) is 0 Å². The molecule has 2 saturated carbocycles. The predicted molar refractivity (Wildman–Crippen MR) is 74.8 cm³/mol. The second kappa shape index (κ2) is 4.53. The van der Waals surface area contributed by atoms with E-state index in [2.05, 4.69) is 5.32 Å². The summed E-state index contributed by atoms with van der Waals surface area (Å²) in [6, 6.07) is 5.69. The maximum Gasteiger partial charge on any atom is 0.310 e. The van der Waals surface area contributed by atoms with E-state index in [0.717, 1.165) is 12.8 Å². The van der Waals surface area contributed by atoms with E-state index in [0.29, 0.717) is 5.69 Å². The topological polar surface area (TPSA) is 98.5 Å². The SMILES string of the molecule is O=C(Nc1ccc([N+](=O)[O-])cc1)[C@@H]1[C@H]2C[C@@H]3[C@@H]1C(=O)O[C@@H]3C2. The minimum absolute atomic E-state index is 0.00549. The summed E-state index contributed by atoms with van der Waals surface area (Å²) in [6.07, 6.45) is 1.65. The summed E-state index contributed by atoms with van der Waals surface area (Å²) in [5.74, 6) is -0.717. The number of carbonyl (C=O) groups is 2. The van der Waals surface area contributed by atoms with Gasteiger partial charge in [0.25, 0.3) is 5.69 Å². The molecule has 1 N–H and O–H groups in total. The molecule has 7 nitrogen and oxygen atoms in total. The third-order valence-corrected chi connectivity index (χ3v) is 5.13. The van der Waals surface area contributed by atoms with Crippen LogP contribution in [-0.2, 0) is 14.3 Å². The van der Waals surface area contributed by atoms with Gasteiger partial charge in [0.15, 0.2) is 0 Å². The van der Waals surface area contributed by atoms with Gasteiger partial charge in [0, 0.05) is 23.7 Å². The van der Waals surface area contributed by atoms with Crippen LogP contribution in [0, 0.1) is 33.8 Å². The number of nitrogens with one attached hydrogen (secondary N) is 1. The molecule has 1 amide bonds. The number of ether oxygens (including phenoxy) is 1. The quantitative estimate of drug-likeness (QED) is 0.521. The third kappa shape index (κ3) is 1.81. The fourth-order valence-electron chi connectivity index (χ4n) is 4.26. The first kappa shape index (κ1) is 13.2. The molecule has 0 unspecified atom stereocenters. The van der Waals surface area contributed by atoms with Crippen LogP contribution in [0.5, 0.6) is 0 Å². The Morgan fingerprint density at radius 2 is 2.00 bits per heavy atom. The molecule has 2 aliphatic carbocycles. The number of esters is 1. The highest BCUT2D eigenvalue weighted by Gasteiger charge is 2.63. The van der Waals surface area contributed by atoms with Crippen molar-refractivity contribution in [3.05, 3.63) is 34.4 Å². The van der Waals surface area contributed by atoms with Crippen molar-refractivity contribution >= 4 is 23.3 Å². The Morgan fingerprint density at radius 1 is 1.27 bits per heavy atom. The number of fused-ring (bicyclic) bond motifs is 1. The molecule has 3 fully saturated rings. The fourth-order valence-corrected chi connectivity index (χ4v) is 4.26. The lowest BCUT2D eigenvalue weighted by Crippen LogP contribution is -2.35. The van der Waals surface area contributed by atoms with Crippen molar-refractivity contribution in [2.45, 2.75) is 18.9 Å². The standard InChI is InChI=1S/C15H14N2O5/c18-14(16-8-1-3-9(4-2-8)17(20)21)12-7-5-10-11(6-7)22-15(19)13(10)12/h1-4,7,10-13H,5-6H2,(H,16,18)/t7-,10-,11+,12+,13-/m0/s1. The number of non-ortho nitro benzene ring substituents is 1. The largest absolute Gasteiger partial charge is 0.462 e. The number of hydrogen-bond donors (Lipinski definition) is 1. The average Bonchev–Trinajstić information content (AvgIpc) is 3.09. The molecule has 0 spiro atoms. The van der Waals surface area contributed by atoms with E-state index in [1.807, 2.05) is 0 Å². The van der Waals surface area contributed by atoms with E-state index >= 15 is 0 Å². The van der Waals surface area contributed by atoms with Gasteiger partial charge < -0.3 is 10.1 Å². The first-order chi connectivity index (χ1) is 10.5. The summed E-state index contributed by atoms with van der Waals surface area (Å²) in [4.78, 5) is 34.5. The highest BCUT2D eigenvalue weighted by molar-refractivity contribution is 5.97. The number of nitro groups is 1. The minimum Gasteiger partial charge on any atom is -0.462 e. The highest BCUT2D eigenvalue weighted by atomic mass is 16.6. The Morgan fingerprint density at radius 3 is 2.68 bits per heavy atom. The molecule has 0 aromatic heterocycles. The first-order valence-corrected chi connectivity index (χ1v) is 7.30. The molecule has 0 radical (unpaired) electrons. The molecule has 114 valence electrons. The molecule has 5 atom stereocenters. The van der Waals surface area contributed by atoms with Crippen LogP contribution < -0.4 is 5.32 Å². The van der Waals surface area contributed by atoms with Crippen molar-refractivity contribution in [1.82, 2.24) is 0 Å². The fraction of sp³-hybridized carbons (Fsp3) is 0.467. The number of hydrogen-bond acceptors (Lipinski definition) is 5. The molecule has 2 bridgehead atoms. The number of nitrogens with zero attached hydrogens (tertiary/aromatic N) is 1. The van der Waals surface area contributed by atoms with Gasteiger partial charge in [0.1, 0.15) is 6.10 Å². The van der Waals surface area contributed by atoms with E-state index in [9.17, 15) is 19.7 Å². The van der Waals surface area contributed by atoms with Crippen molar-refractivity contribution in [2.24, 2.45) is 23.7 Å². The van der Waals surface area contributed by atoms with Crippen LogP contribution in [0.15, 0.2) is 24.3 Å². The lowest BCUT2D eigenvalue weighted by molar-refractivity contribution is -0.384. The van der Waals surface area contributed by atoms with Crippen LogP contribution in [0.4, 0.5) is 11.4 Å². The van der Waals surface area contributed by atoms with E-state index in [-0.39, 0.29) is 47.3 Å². The monoisotopic (exact) mass is 302 g/mol. The second-order valence-electron chi connectivity index (χ2n) is 6.22. The Hall–Kier alpha value is -2.44. The van der Waals surface area contributed by atoms with Crippen molar-refractivity contribution in [3.8, 4) is 0 Å². The second-order valence-corrected chi connectivity index (χ2v) is 6.22. The molecule has 3 aliphatic rings. The molecule has 1 heterocycles. The van der Waals surface area contributed by atoms with Gasteiger partial charge in [-0.25, -0.2) is 0 Å². The predicted octanol–water partition coefficient (Wildman–Crippen LogP) is 1.73. The number of rotatable bonds is 3. The number of benzene rings is 1. The summed E-state index contributed by atoms with van der Waals surface area (Å²) in [6.45, 7) is 0.